The molecule has 2 fully saturated rings. The molecule has 186 valence electrons. The fourth-order valence-corrected chi connectivity index (χ4v) is 5.91. The Bertz CT molecular complexity index is 1280. The number of carbonyl (C=O) groups excluding carboxylic acids is 2. The normalized spacial score (nSPS) is 23.8. The first-order valence-corrected chi connectivity index (χ1v) is 12.2. The molecular formula is C25H27N7O4. The van der Waals surface area contributed by atoms with Gasteiger partial charge >= 0.3 is 5.97 Å². The Kier molecular flexibility index (Phi) is 5.73. The predicted molar refractivity (Wildman–Crippen MR) is 126 cm³/mol. The van der Waals surface area contributed by atoms with E-state index < -0.39 is 6.10 Å². The van der Waals surface area contributed by atoms with Crippen LogP contribution in [-0.4, -0.2) is 71.7 Å². The lowest BCUT2D eigenvalue weighted by atomic mass is 9.93. The van der Waals surface area contributed by atoms with E-state index in [1.807, 2.05) is 13.0 Å². The molecule has 3 aliphatic rings. The molecule has 0 aliphatic carbocycles. The van der Waals surface area contributed by atoms with E-state index in [0.717, 1.165) is 42.4 Å². The topological polar surface area (TPSA) is 135 Å². The molecule has 2 saturated heterocycles. The maximum Gasteiger partial charge on any atom is 0.338 e. The Hall–Kier alpha value is -3.70. The van der Waals surface area contributed by atoms with E-state index in [4.69, 9.17) is 4.74 Å². The van der Waals surface area contributed by atoms with Gasteiger partial charge in [-0.2, -0.15) is 4.68 Å². The Morgan fingerprint density at radius 3 is 2.72 bits per heavy atom. The maximum atomic E-state index is 12.9. The van der Waals surface area contributed by atoms with Crippen LogP contribution >= 0.6 is 0 Å². The summed E-state index contributed by atoms with van der Waals surface area (Å²) in [7, 11) is 0. The molecule has 11 nitrogen and oxygen atoms in total. The van der Waals surface area contributed by atoms with Crippen molar-refractivity contribution in [3.05, 3.63) is 64.6 Å². The van der Waals surface area contributed by atoms with E-state index in [1.54, 1.807) is 18.2 Å². The number of benzene rings is 1. The maximum absolute atomic E-state index is 12.9. The summed E-state index contributed by atoms with van der Waals surface area (Å²) in [5.74, 6) is 0.101. The van der Waals surface area contributed by atoms with E-state index in [9.17, 15) is 14.7 Å². The number of ether oxygens (including phenoxy) is 1. The van der Waals surface area contributed by atoms with Gasteiger partial charge in [-0.25, -0.2) is 9.78 Å². The van der Waals surface area contributed by atoms with Crippen LogP contribution in [-0.2, 0) is 11.3 Å². The second-order valence-electron chi connectivity index (χ2n) is 9.78. The zero-order valence-electron chi connectivity index (χ0n) is 19.9. The number of hydrogen-bond donors (Lipinski definition) is 2. The van der Waals surface area contributed by atoms with Crippen molar-refractivity contribution in [3.63, 3.8) is 0 Å². The number of nitrogens with one attached hydrogen (secondary N) is 1. The van der Waals surface area contributed by atoms with Crippen LogP contribution in [0.1, 0.15) is 69.2 Å². The highest BCUT2D eigenvalue weighted by Gasteiger charge is 2.42. The summed E-state index contributed by atoms with van der Waals surface area (Å²) in [4.78, 5) is 31.4. The first kappa shape index (κ1) is 22.7. The molecule has 2 bridgehead atoms. The van der Waals surface area contributed by atoms with Gasteiger partial charge < -0.3 is 15.2 Å². The number of aliphatic hydroxyl groups excluding tert-OH is 1. The Balaban J connectivity index is 1.08. The summed E-state index contributed by atoms with van der Waals surface area (Å²) in [6.45, 7) is 2.75. The van der Waals surface area contributed by atoms with Gasteiger partial charge in [-0.05, 0) is 72.4 Å². The number of carbonyl (C=O) groups is 2. The number of piperidine rings is 1. The third-order valence-corrected chi connectivity index (χ3v) is 7.76. The van der Waals surface area contributed by atoms with Gasteiger partial charge in [0.25, 0.3) is 5.91 Å². The van der Waals surface area contributed by atoms with Crippen molar-refractivity contribution in [1.29, 1.82) is 0 Å². The minimum absolute atomic E-state index is 0.0764. The quantitative estimate of drug-likeness (QED) is 0.494. The lowest BCUT2D eigenvalue weighted by Gasteiger charge is -2.40. The average molecular weight is 490 g/mol. The standard InChI is InChI=1S/C25H27N7O4/c1-14-19(5-6-20-21(14)12-36-25(20)35)22(33)11-31-17-3-4-18(31)9-16(8-17)28-24(34)15-2-7-23(26-10-15)32-13-27-29-30-32/h2,5-7,10,13,16-18,22,33H,3-4,8-9,11-12H2,1H3,(H,28,34). The highest BCUT2D eigenvalue weighted by Crippen LogP contribution is 2.38. The minimum atomic E-state index is -0.648. The number of cyclic esters (lactones) is 1. The third-order valence-electron chi connectivity index (χ3n) is 7.76. The van der Waals surface area contributed by atoms with E-state index in [2.05, 4.69) is 30.7 Å². The second-order valence-corrected chi connectivity index (χ2v) is 9.78. The fourth-order valence-electron chi connectivity index (χ4n) is 5.91. The molecule has 5 heterocycles. The van der Waals surface area contributed by atoms with Crippen LogP contribution in [0.5, 0.6) is 0 Å². The molecule has 1 aromatic carbocycles. The van der Waals surface area contributed by atoms with Crippen molar-refractivity contribution in [1.82, 2.24) is 35.4 Å². The number of hydrogen-bond acceptors (Lipinski definition) is 9. The van der Waals surface area contributed by atoms with Crippen LogP contribution in [0, 0.1) is 6.92 Å². The van der Waals surface area contributed by atoms with Crippen molar-refractivity contribution in [2.24, 2.45) is 0 Å². The molecule has 3 unspecified atom stereocenters. The average Bonchev–Trinajstić information content (AvgIpc) is 3.59. The summed E-state index contributed by atoms with van der Waals surface area (Å²) in [5, 5.41) is 25.3. The molecule has 2 aromatic heterocycles. The van der Waals surface area contributed by atoms with Gasteiger partial charge in [0.2, 0.25) is 0 Å². The number of pyridine rings is 1. The number of rotatable bonds is 6. The fraction of sp³-hybridized carbons (Fsp3) is 0.440. The summed E-state index contributed by atoms with van der Waals surface area (Å²) in [5.41, 5.74) is 3.74. The molecule has 11 heteroatoms. The van der Waals surface area contributed by atoms with E-state index in [-0.39, 0.29) is 24.5 Å². The second kappa shape index (κ2) is 9.07. The molecule has 2 N–H and O–H groups in total. The molecule has 0 spiro atoms. The summed E-state index contributed by atoms with van der Waals surface area (Å²) < 4.78 is 6.58. The van der Waals surface area contributed by atoms with Crippen LogP contribution in [0.15, 0.2) is 36.8 Å². The largest absolute Gasteiger partial charge is 0.457 e. The van der Waals surface area contributed by atoms with E-state index in [0.29, 0.717) is 35.6 Å². The van der Waals surface area contributed by atoms with Gasteiger partial charge in [-0.15, -0.1) is 5.10 Å². The molecule has 3 atom stereocenters. The van der Waals surface area contributed by atoms with Gasteiger partial charge in [-0.1, -0.05) is 6.07 Å². The highest BCUT2D eigenvalue weighted by atomic mass is 16.5. The van der Waals surface area contributed by atoms with Crippen LogP contribution in [0.2, 0.25) is 0 Å². The summed E-state index contributed by atoms with van der Waals surface area (Å²) in [6.07, 6.45) is 6.13. The molecule has 0 saturated carbocycles. The first-order valence-electron chi connectivity index (χ1n) is 12.2. The number of tetrazole rings is 1. The number of fused-ring (bicyclic) bond motifs is 3. The Morgan fingerprint density at radius 2 is 2.03 bits per heavy atom. The molecule has 36 heavy (non-hydrogen) atoms. The predicted octanol–water partition coefficient (Wildman–Crippen LogP) is 1.49. The molecule has 1 amide bonds. The van der Waals surface area contributed by atoms with Crippen LogP contribution in [0.25, 0.3) is 5.82 Å². The number of esters is 1. The van der Waals surface area contributed by atoms with Crippen molar-refractivity contribution in [3.8, 4) is 5.82 Å². The molecular weight excluding hydrogens is 462 g/mol. The number of amides is 1. The first-order chi connectivity index (χ1) is 17.5. The molecule has 3 aromatic rings. The van der Waals surface area contributed by atoms with Crippen molar-refractivity contribution in [2.45, 2.75) is 63.4 Å². The zero-order valence-corrected chi connectivity index (χ0v) is 19.9. The van der Waals surface area contributed by atoms with Crippen LogP contribution < -0.4 is 5.32 Å². The van der Waals surface area contributed by atoms with Gasteiger partial charge in [-0.3, -0.25) is 9.69 Å². The molecule has 3 aliphatic heterocycles. The van der Waals surface area contributed by atoms with E-state index >= 15 is 0 Å². The minimum Gasteiger partial charge on any atom is -0.457 e. The lowest BCUT2D eigenvalue weighted by molar-refractivity contribution is 0.0496. The van der Waals surface area contributed by atoms with Crippen molar-refractivity contribution in [2.75, 3.05) is 6.54 Å². The monoisotopic (exact) mass is 489 g/mol. The molecule has 0 radical (unpaired) electrons. The smallest absolute Gasteiger partial charge is 0.338 e. The number of nitrogens with zero attached hydrogens (tertiary/aromatic N) is 6. The van der Waals surface area contributed by atoms with Crippen LogP contribution in [0.3, 0.4) is 0 Å². The highest BCUT2D eigenvalue weighted by molar-refractivity contribution is 5.94. The van der Waals surface area contributed by atoms with Gasteiger partial charge in [0.1, 0.15) is 12.9 Å². The summed E-state index contributed by atoms with van der Waals surface area (Å²) in [6, 6.07) is 7.73. The van der Waals surface area contributed by atoms with Crippen LogP contribution in [0.4, 0.5) is 0 Å². The van der Waals surface area contributed by atoms with Crippen molar-refractivity contribution >= 4 is 11.9 Å². The number of aliphatic hydroxyl groups is 1. The Morgan fingerprint density at radius 1 is 1.22 bits per heavy atom. The number of aromatic nitrogens is 5. The lowest BCUT2D eigenvalue weighted by Crippen LogP contribution is -2.51. The van der Waals surface area contributed by atoms with Gasteiger partial charge in [0.05, 0.1) is 17.2 Å². The molecule has 6 rings (SSSR count). The zero-order chi connectivity index (χ0) is 24.8. The SMILES string of the molecule is Cc1c(C(O)CN2C3CCC2CC(NC(=O)c2ccc(-n4cnnn4)nc2)C3)ccc2c1COC2=O. The Labute approximate surface area is 207 Å². The van der Waals surface area contributed by atoms with Crippen molar-refractivity contribution < 1.29 is 19.4 Å². The van der Waals surface area contributed by atoms with E-state index in [1.165, 1.54) is 17.2 Å². The summed E-state index contributed by atoms with van der Waals surface area (Å²) >= 11 is 0. The van der Waals surface area contributed by atoms with Gasteiger partial charge in [0.15, 0.2) is 5.82 Å². The van der Waals surface area contributed by atoms with Gasteiger partial charge in [0, 0.05) is 36.4 Å². The third kappa shape index (κ3) is 4.03.